The number of benzene rings is 1. The molecule has 0 N–H and O–H groups in total. The van der Waals surface area contributed by atoms with Gasteiger partial charge in [-0.1, -0.05) is 12.1 Å². The molecule has 0 atom stereocenters. The maximum Gasteiger partial charge on any atom is 0.126 e. The standard InChI is InChI=1S/C12H16FNO/c1-10-2-3-11(8-12(10)13)9-14-4-6-15-7-5-14/h2-3,8H,4-7,9H2,1H3. The van der Waals surface area contributed by atoms with Gasteiger partial charge in [0.15, 0.2) is 0 Å². The molecule has 0 aliphatic carbocycles. The summed E-state index contributed by atoms with van der Waals surface area (Å²) in [5.41, 5.74) is 1.75. The van der Waals surface area contributed by atoms with Gasteiger partial charge in [-0.05, 0) is 24.1 Å². The number of ether oxygens (including phenoxy) is 1. The van der Waals surface area contributed by atoms with Crippen molar-refractivity contribution in [2.75, 3.05) is 26.3 Å². The maximum absolute atomic E-state index is 13.3. The van der Waals surface area contributed by atoms with Crippen LogP contribution in [0.2, 0.25) is 0 Å². The number of rotatable bonds is 2. The normalized spacial score (nSPS) is 18.0. The number of nitrogens with zero attached hydrogens (tertiary/aromatic N) is 1. The topological polar surface area (TPSA) is 12.5 Å². The van der Waals surface area contributed by atoms with Gasteiger partial charge < -0.3 is 4.74 Å². The van der Waals surface area contributed by atoms with Gasteiger partial charge >= 0.3 is 0 Å². The fourth-order valence-electron chi connectivity index (χ4n) is 1.75. The van der Waals surface area contributed by atoms with Crippen LogP contribution >= 0.6 is 0 Å². The summed E-state index contributed by atoms with van der Waals surface area (Å²) < 4.78 is 18.6. The molecule has 2 rings (SSSR count). The molecule has 0 unspecified atom stereocenters. The monoisotopic (exact) mass is 209 g/mol. The summed E-state index contributed by atoms with van der Waals surface area (Å²) in [5.74, 6) is -0.110. The molecule has 15 heavy (non-hydrogen) atoms. The molecule has 2 nitrogen and oxygen atoms in total. The van der Waals surface area contributed by atoms with Crippen molar-refractivity contribution >= 4 is 0 Å². The van der Waals surface area contributed by atoms with Crippen LogP contribution in [0.3, 0.4) is 0 Å². The van der Waals surface area contributed by atoms with Gasteiger partial charge in [0.05, 0.1) is 13.2 Å². The minimum Gasteiger partial charge on any atom is -0.379 e. The highest BCUT2D eigenvalue weighted by Gasteiger charge is 2.11. The molecule has 0 amide bonds. The molecular formula is C12H16FNO. The van der Waals surface area contributed by atoms with Crippen LogP contribution in [0.25, 0.3) is 0 Å². The van der Waals surface area contributed by atoms with Gasteiger partial charge in [0.2, 0.25) is 0 Å². The van der Waals surface area contributed by atoms with Crippen molar-refractivity contribution in [3.05, 3.63) is 35.1 Å². The van der Waals surface area contributed by atoms with Crippen molar-refractivity contribution in [2.24, 2.45) is 0 Å². The summed E-state index contributed by atoms with van der Waals surface area (Å²) in [6.45, 7) is 6.06. The number of hydrogen-bond acceptors (Lipinski definition) is 2. The number of halogens is 1. The fourth-order valence-corrected chi connectivity index (χ4v) is 1.75. The van der Waals surface area contributed by atoms with Crippen LogP contribution < -0.4 is 0 Å². The maximum atomic E-state index is 13.3. The summed E-state index contributed by atoms with van der Waals surface area (Å²) in [4.78, 5) is 2.29. The lowest BCUT2D eigenvalue weighted by molar-refractivity contribution is 0.0341. The van der Waals surface area contributed by atoms with E-state index in [2.05, 4.69) is 4.90 Å². The molecule has 1 aromatic rings. The summed E-state index contributed by atoms with van der Waals surface area (Å²) >= 11 is 0. The van der Waals surface area contributed by atoms with E-state index in [9.17, 15) is 4.39 Å². The Kier molecular flexibility index (Phi) is 3.34. The van der Waals surface area contributed by atoms with Gasteiger partial charge in [-0.25, -0.2) is 4.39 Å². The van der Waals surface area contributed by atoms with E-state index in [0.29, 0.717) is 5.56 Å². The second-order valence-corrected chi connectivity index (χ2v) is 3.97. The fraction of sp³-hybridized carbons (Fsp3) is 0.500. The molecule has 0 radical (unpaired) electrons. The molecule has 1 aromatic carbocycles. The van der Waals surface area contributed by atoms with Gasteiger partial charge in [-0.3, -0.25) is 4.90 Å². The Balaban J connectivity index is 2.00. The van der Waals surface area contributed by atoms with E-state index in [1.165, 1.54) is 0 Å². The number of aryl methyl sites for hydroxylation is 1. The van der Waals surface area contributed by atoms with Gasteiger partial charge in [-0.15, -0.1) is 0 Å². The summed E-state index contributed by atoms with van der Waals surface area (Å²) in [5, 5.41) is 0. The molecule has 1 aliphatic rings. The second kappa shape index (κ2) is 4.73. The predicted molar refractivity (Wildman–Crippen MR) is 57.2 cm³/mol. The first-order valence-corrected chi connectivity index (χ1v) is 5.31. The lowest BCUT2D eigenvalue weighted by Gasteiger charge is -2.26. The molecule has 82 valence electrons. The third kappa shape index (κ3) is 2.76. The SMILES string of the molecule is Cc1ccc(CN2CCOCC2)cc1F. The molecule has 3 heteroatoms. The van der Waals surface area contributed by atoms with Crippen LogP contribution in [0.1, 0.15) is 11.1 Å². The van der Waals surface area contributed by atoms with Crippen LogP contribution in [0.5, 0.6) is 0 Å². The van der Waals surface area contributed by atoms with E-state index in [1.807, 2.05) is 12.1 Å². The van der Waals surface area contributed by atoms with Gasteiger partial charge in [0, 0.05) is 19.6 Å². The van der Waals surface area contributed by atoms with Gasteiger partial charge in [-0.2, -0.15) is 0 Å². The Bertz CT molecular complexity index is 334. The highest BCUT2D eigenvalue weighted by Crippen LogP contribution is 2.12. The minimum atomic E-state index is -0.110. The van der Waals surface area contributed by atoms with E-state index >= 15 is 0 Å². The van der Waals surface area contributed by atoms with Crippen LogP contribution in [-0.4, -0.2) is 31.2 Å². The zero-order valence-electron chi connectivity index (χ0n) is 9.00. The third-order valence-corrected chi connectivity index (χ3v) is 2.75. The first kappa shape index (κ1) is 10.6. The van der Waals surface area contributed by atoms with Crippen molar-refractivity contribution in [1.82, 2.24) is 4.90 Å². The molecular weight excluding hydrogens is 193 g/mol. The minimum absolute atomic E-state index is 0.110. The lowest BCUT2D eigenvalue weighted by Crippen LogP contribution is -2.35. The van der Waals surface area contributed by atoms with Crippen LogP contribution in [-0.2, 0) is 11.3 Å². The summed E-state index contributed by atoms with van der Waals surface area (Å²) in [7, 11) is 0. The molecule has 0 saturated carbocycles. The van der Waals surface area contributed by atoms with E-state index in [0.717, 1.165) is 38.4 Å². The Morgan fingerprint density at radius 3 is 2.73 bits per heavy atom. The molecule has 0 spiro atoms. The highest BCUT2D eigenvalue weighted by atomic mass is 19.1. The van der Waals surface area contributed by atoms with E-state index < -0.39 is 0 Å². The molecule has 1 heterocycles. The largest absolute Gasteiger partial charge is 0.379 e. The zero-order chi connectivity index (χ0) is 10.7. The van der Waals surface area contributed by atoms with Gasteiger partial charge in [0.25, 0.3) is 0 Å². The Morgan fingerprint density at radius 2 is 2.07 bits per heavy atom. The molecule has 0 aromatic heterocycles. The van der Waals surface area contributed by atoms with Crippen LogP contribution in [0.15, 0.2) is 18.2 Å². The Labute approximate surface area is 89.7 Å². The lowest BCUT2D eigenvalue weighted by atomic mass is 10.1. The smallest absolute Gasteiger partial charge is 0.126 e. The van der Waals surface area contributed by atoms with E-state index in [-0.39, 0.29) is 5.82 Å². The van der Waals surface area contributed by atoms with Crippen molar-refractivity contribution in [1.29, 1.82) is 0 Å². The summed E-state index contributed by atoms with van der Waals surface area (Å²) in [6.07, 6.45) is 0. The van der Waals surface area contributed by atoms with Crippen molar-refractivity contribution in [3.8, 4) is 0 Å². The van der Waals surface area contributed by atoms with Gasteiger partial charge in [0.1, 0.15) is 5.82 Å². The van der Waals surface area contributed by atoms with Crippen molar-refractivity contribution in [3.63, 3.8) is 0 Å². The summed E-state index contributed by atoms with van der Waals surface area (Å²) in [6, 6.07) is 5.46. The van der Waals surface area contributed by atoms with E-state index in [1.54, 1.807) is 13.0 Å². The van der Waals surface area contributed by atoms with Crippen LogP contribution in [0, 0.1) is 12.7 Å². The van der Waals surface area contributed by atoms with Crippen molar-refractivity contribution < 1.29 is 9.13 Å². The molecule has 1 aliphatic heterocycles. The third-order valence-electron chi connectivity index (χ3n) is 2.75. The first-order chi connectivity index (χ1) is 7.25. The second-order valence-electron chi connectivity index (χ2n) is 3.97. The predicted octanol–water partition coefficient (Wildman–Crippen LogP) is 1.97. The van der Waals surface area contributed by atoms with Crippen molar-refractivity contribution in [2.45, 2.75) is 13.5 Å². The molecule has 0 bridgehead atoms. The average molecular weight is 209 g/mol. The quantitative estimate of drug-likeness (QED) is 0.738. The first-order valence-electron chi connectivity index (χ1n) is 5.31. The Morgan fingerprint density at radius 1 is 1.33 bits per heavy atom. The molecule has 1 fully saturated rings. The van der Waals surface area contributed by atoms with Crippen LogP contribution in [0.4, 0.5) is 4.39 Å². The highest BCUT2D eigenvalue weighted by molar-refractivity contribution is 5.23. The van der Waals surface area contributed by atoms with E-state index in [4.69, 9.17) is 4.74 Å². The molecule has 1 saturated heterocycles. The number of hydrogen-bond donors (Lipinski definition) is 0. The number of morpholine rings is 1. The Hall–Kier alpha value is -0.930. The average Bonchev–Trinajstić information content (AvgIpc) is 2.25. The zero-order valence-corrected chi connectivity index (χ0v) is 9.00.